The summed E-state index contributed by atoms with van der Waals surface area (Å²) in [5.74, 6) is -2.61. The van der Waals surface area contributed by atoms with E-state index in [1.165, 1.54) is 9.21 Å². The van der Waals surface area contributed by atoms with Crippen molar-refractivity contribution in [1.29, 1.82) is 0 Å². The molecule has 17 nitrogen and oxygen atoms in total. The Labute approximate surface area is 341 Å². The number of hydrogen-bond acceptors (Lipinski definition) is 11. The Morgan fingerprint density at radius 3 is 2.41 bits per heavy atom. The summed E-state index contributed by atoms with van der Waals surface area (Å²) in [6.45, 7) is 8.63. The van der Waals surface area contributed by atoms with E-state index in [2.05, 4.69) is 25.6 Å². The lowest BCUT2D eigenvalue weighted by Crippen LogP contribution is -2.59. The molecule has 1 aromatic carbocycles. The lowest BCUT2D eigenvalue weighted by molar-refractivity contribution is -0.141. The van der Waals surface area contributed by atoms with E-state index in [-0.39, 0.29) is 38.9 Å². The smallest absolute Gasteiger partial charge is 0.408 e. The number of morpholine rings is 1. The van der Waals surface area contributed by atoms with E-state index < -0.39 is 81.4 Å². The van der Waals surface area contributed by atoms with Crippen LogP contribution in [0.1, 0.15) is 90.2 Å². The summed E-state index contributed by atoms with van der Waals surface area (Å²) in [5, 5.41) is 8.54. The number of carbonyl (C=O) groups is 5. The van der Waals surface area contributed by atoms with Crippen LogP contribution in [-0.2, 0) is 38.8 Å². The van der Waals surface area contributed by atoms with Crippen molar-refractivity contribution in [3.05, 3.63) is 48.0 Å². The molecule has 0 aromatic heterocycles. The van der Waals surface area contributed by atoms with Gasteiger partial charge in [-0.1, -0.05) is 55.3 Å². The summed E-state index contributed by atoms with van der Waals surface area (Å²) in [4.78, 5) is 73.0. The van der Waals surface area contributed by atoms with Crippen LogP contribution in [-0.4, -0.2) is 134 Å². The monoisotopic (exact) mass is 829 g/mol. The highest BCUT2D eigenvalue weighted by Gasteiger charge is 2.62. The zero-order chi connectivity index (χ0) is 41.5. The van der Waals surface area contributed by atoms with Crippen LogP contribution in [0.5, 0.6) is 0 Å². The van der Waals surface area contributed by atoms with Crippen molar-refractivity contribution in [1.82, 2.24) is 34.8 Å². The minimum atomic E-state index is -4.16. The predicted octanol–water partition coefficient (Wildman–Crippen LogP) is 2.50. The van der Waals surface area contributed by atoms with E-state index in [1.54, 1.807) is 20.8 Å². The fraction of sp³-hybridized carbons (Fsp3) is 0.675. The van der Waals surface area contributed by atoms with Crippen molar-refractivity contribution in [3.8, 4) is 0 Å². The third-order valence-corrected chi connectivity index (χ3v) is 12.8. The molecular weight excluding hydrogens is 771 g/mol. The maximum absolute atomic E-state index is 14.5. The topological polar surface area (TPSA) is 205 Å². The van der Waals surface area contributed by atoms with Crippen LogP contribution in [0, 0.1) is 5.92 Å². The average molecular weight is 830 g/mol. The first kappa shape index (κ1) is 43.3. The summed E-state index contributed by atoms with van der Waals surface area (Å²) in [7, 11) is -4.16. The van der Waals surface area contributed by atoms with Gasteiger partial charge in [-0.2, -0.15) is 12.7 Å². The molecular formula is C40H59N7O10S. The largest absolute Gasteiger partial charge is 0.444 e. The van der Waals surface area contributed by atoms with Crippen LogP contribution in [0.2, 0.25) is 0 Å². The van der Waals surface area contributed by atoms with Gasteiger partial charge in [-0.3, -0.25) is 19.3 Å². The van der Waals surface area contributed by atoms with Gasteiger partial charge in [0.15, 0.2) is 0 Å². The van der Waals surface area contributed by atoms with Crippen molar-refractivity contribution >= 4 is 40.1 Å². The first-order chi connectivity index (χ1) is 27.6. The molecule has 2 unspecified atom stereocenters. The zero-order valence-corrected chi connectivity index (χ0v) is 34.6. The number of carbonyl (C=O) groups excluding carboxylic acids is 5. The van der Waals surface area contributed by atoms with Gasteiger partial charge in [-0.15, -0.1) is 0 Å². The highest BCUT2D eigenvalue weighted by atomic mass is 32.2. The number of hydrogen-bond donors (Lipinski definition) is 4. The van der Waals surface area contributed by atoms with Gasteiger partial charge in [-0.25, -0.2) is 14.3 Å². The standard InChI is InChI=1S/C40H59N7O10S/c1-39(2,3)57-38(52)41-31-17-11-6-4-5-10-16-29-25-40(29,36(50)44-58(53,54)46-18-12-13-19-46)43-34(48)33-24-30(26-47(33)35(31)49)56-37(51)42-32(28-14-8-7-9-15-28)27-45-20-22-55-23-21-45/h7-10,14-16,29-33H,4-6,11-13,17-27H2,1-3H3,(H,41,52)(H,42,51)(H,43,48)(H,44,50)/b16-10-/t29?,30-,31+,32?,33+,40-/m1/s1. The summed E-state index contributed by atoms with van der Waals surface area (Å²) in [6.07, 6.45) is 5.73. The number of benzene rings is 1. The molecule has 0 radical (unpaired) electrons. The second kappa shape index (κ2) is 18.8. The minimum absolute atomic E-state index is 0.103. The maximum Gasteiger partial charge on any atom is 0.408 e. The number of alkyl carbamates (subject to hydrolysis) is 2. The van der Waals surface area contributed by atoms with Crippen molar-refractivity contribution in [3.63, 3.8) is 0 Å². The second-order valence-electron chi connectivity index (χ2n) is 16.9. The fourth-order valence-corrected chi connectivity index (χ4v) is 9.39. The Hall–Kier alpha value is -4.26. The van der Waals surface area contributed by atoms with Gasteiger partial charge in [0.1, 0.15) is 29.3 Å². The lowest BCUT2D eigenvalue weighted by Gasteiger charge is -2.31. The van der Waals surface area contributed by atoms with E-state index in [9.17, 15) is 32.4 Å². The SMILES string of the molecule is CC(C)(C)OC(=O)N[C@H]1CCCCC/C=C\C2C[C@@]2(C(=O)NS(=O)(=O)N2CCCC2)NC(=O)[C@@H]2C[C@@H](OC(=O)NC(CN3CCOCC3)c3ccccc3)CN2C1=O. The highest BCUT2D eigenvalue weighted by molar-refractivity contribution is 7.87. The molecule has 5 aliphatic rings. The summed E-state index contributed by atoms with van der Waals surface area (Å²) in [5.41, 5.74) is -1.54. The first-order valence-electron chi connectivity index (χ1n) is 20.6. The minimum Gasteiger partial charge on any atom is -0.444 e. The molecule has 6 rings (SSSR count). The summed E-state index contributed by atoms with van der Waals surface area (Å²) < 4.78 is 46.8. The van der Waals surface area contributed by atoms with Crippen molar-refractivity contribution in [2.24, 2.45) is 5.92 Å². The van der Waals surface area contributed by atoms with Crippen LogP contribution in [0.15, 0.2) is 42.5 Å². The lowest BCUT2D eigenvalue weighted by atomic mass is 10.0. The predicted molar refractivity (Wildman–Crippen MR) is 212 cm³/mol. The van der Waals surface area contributed by atoms with Crippen molar-refractivity contribution in [2.45, 2.75) is 114 Å². The van der Waals surface area contributed by atoms with Gasteiger partial charge >= 0.3 is 22.4 Å². The molecule has 4 N–H and O–H groups in total. The number of amides is 5. The summed E-state index contributed by atoms with van der Waals surface area (Å²) in [6, 6.07) is 6.78. The van der Waals surface area contributed by atoms with E-state index in [1.807, 2.05) is 42.5 Å². The van der Waals surface area contributed by atoms with E-state index in [0.29, 0.717) is 58.5 Å². The maximum atomic E-state index is 14.5. The molecule has 3 saturated heterocycles. The first-order valence-corrected chi connectivity index (χ1v) is 22.0. The van der Waals surface area contributed by atoms with Crippen LogP contribution in [0.25, 0.3) is 0 Å². The Morgan fingerprint density at radius 2 is 1.71 bits per heavy atom. The number of rotatable bonds is 9. The second-order valence-corrected chi connectivity index (χ2v) is 18.5. The number of nitrogens with zero attached hydrogens (tertiary/aromatic N) is 3. The Balaban J connectivity index is 1.24. The normalized spacial score (nSPS) is 28.7. The molecule has 1 aliphatic carbocycles. The molecule has 1 aromatic rings. The fourth-order valence-electron chi connectivity index (χ4n) is 8.11. The van der Waals surface area contributed by atoms with Gasteiger partial charge in [0.25, 0.3) is 5.91 Å². The van der Waals surface area contributed by atoms with Crippen molar-refractivity contribution in [2.75, 3.05) is 52.5 Å². The van der Waals surface area contributed by atoms with Gasteiger partial charge in [0.2, 0.25) is 11.8 Å². The van der Waals surface area contributed by atoms with E-state index in [0.717, 1.165) is 18.4 Å². The van der Waals surface area contributed by atoms with Gasteiger partial charge in [-0.05, 0) is 64.9 Å². The molecule has 4 heterocycles. The van der Waals surface area contributed by atoms with Crippen molar-refractivity contribution < 1.29 is 46.6 Å². The molecule has 4 fully saturated rings. The molecule has 18 heteroatoms. The third-order valence-electron chi connectivity index (χ3n) is 11.3. The van der Waals surface area contributed by atoms with E-state index >= 15 is 0 Å². The Morgan fingerprint density at radius 1 is 0.983 bits per heavy atom. The highest BCUT2D eigenvalue weighted by Crippen LogP contribution is 2.46. The quantitative estimate of drug-likeness (QED) is 0.266. The Kier molecular flexibility index (Phi) is 14.0. The average Bonchev–Trinajstić information content (AvgIpc) is 3.47. The third kappa shape index (κ3) is 11.3. The van der Waals surface area contributed by atoms with Gasteiger partial charge in [0, 0.05) is 45.1 Å². The number of nitrogens with one attached hydrogen (secondary N) is 4. The molecule has 4 aliphatic heterocycles. The van der Waals surface area contributed by atoms with Crippen LogP contribution < -0.4 is 20.7 Å². The van der Waals surface area contributed by atoms with E-state index in [4.69, 9.17) is 14.2 Å². The molecule has 0 bridgehead atoms. The molecule has 58 heavy (non-hydrogen) atoms. The molecule has 320 valence electrons. The summed E-state index contributed by atoms with van der Waals surface area (Å²) >= 11 is 0. The van der Waals surface area contributed by atoms with Crippen LogP contribution >= 0.6 is 0 Å². The zero-order valence-electron chi connectivity index (χ0n) is 33.8. The van der Waals surface area contributed by atoms with Gasteiger partial charge in [0.05, 0.1) is 25.8 Å². The molecule has 6 atom stereocenters. The Bertz CT molecular complexity index is 1780. The van der Waals surface area contributed by atoms with Gasteiger partial charge < -0.3 is 35.1 Å². The number of ether oxygens (including phenoxy) is 3. The molecule has 0 spiro atoms. The molecule has 1 saturated carbocycles. The van der Waals surface area contributed by atoms with Crippen LogP contribution in [0.3, 0.4) is 0 Å². The number of allylic oxidation sites excluding steroid dienone is 1. The van der Waals surface area contributed by atoms with Crippen LogP contribution in [0.4, 0.5) is 9.59 Å². The number of fused-ring (bicyclic) bond motifs is 2. The molecule has 5 amide bonds.